The quantitative estimate of drug-likeness (QED) is 0.920. The molecule has 1 N–H and O–H groups in total. The van der Waals surface area contributed by atoms with Gasteiger partial charge in [-0.3, -0.25) is 9.69 Å². The third-order valence-corrected chi connectivity index (χ3v) is 5.09. The lowest BCUT2D eigenvalue weighted by Crippen LogP contribution is -2.50. The average molecular weight is 330 g/mol. The average Bonchev–Trinajstić information content (AvgIpc) is 3.03. The highest BCUT2D eigenvalue weighted by atomic mass is 35.5. The first kappa shape index (κ1) is 16.7. The molecular formula is C15H24ClN3OS. The summed E-state index contributed by atoms with van der Waals surface area (Å²) in [6, 6.07) is 1.93. The summed E-state index contributed by atoms with van der Waals surface area (Å²) in [5, 5.41) is 7.34. The van der Waals surface area contributed by atoms with Gasteiger partial charge in [-0.15, -0.1) is 12.4 Å². The number of piperazine rings is 1. The SMILES string of the molecule is Cl.O=C(c1ccsc1)N1CCN(CC2CCNCC2)CC1. The Bertz CT molecular complexity index is 426. The fourth-order valence-corrected chi connectivity index (χ4v) is 3.76. The van der Waals surface area contributed by atoms with Crippen LogP contribution in [0.2, 0.25) is 0 Å². The summed E-state index contributed by atoms with van der Waals surface area (Å²) in [5.74, 6) is 1.04. The molecule has 0 radical (unpaired) electrons. The number of hydrogen-bond donors (Lipinski definition) is 1. The summed E-state index contributed by atoms with van der Waals surface area (Å²) < 4.78 is 0. The summed E-state index contributed by atoms with van der Waals surface area (Å²) in [7, 11) is 0. The van der Waals surface area contributed by atoms with Crippen molar-refractivity contribution in [3.05, 3.63) is 22.4 Å². The van der Waals surface area contributed by atoms with Crippen molar-refractivity contribution in [3.8, 4) is 0 Å². The van der Waals surface area contributed by atoms with Crippen LogP contribution in [0, 0.1) is 5.92 Å². The third-order valence-electron chi connectivity index (χ3n) is 4.40. The number of thiophene rings is 1. The van der Waals surface area contributed by atoms with Crippen LogP contribution < -0.4 is 5.32 Å². The van der Waals surface area contributed by atoms with Crippen molar-refractivity contribution in [1.29, 1.82) is 0 Å². The van der Waals surface area contributed by atoms with E-state index in [1.54, 1.807) is 11.3 Å². The molecule has 0 aromatic carbocycles. The zero-order chi connectivity index (χ0) is 13.8. The van der Waals surface area contributed by atoms with Gasteiger partial charge in [0.1, 0.15) is 0 Å². The first-order valence-electron chi connectivity index (χ1n) is 7.57. The second-order valence-electron chi connectivity index (χ2n) is 5.80. The first-order chi connectivity index (χ1) is 9.83. The van der Waals surface area contributed by atoms with Crippen LogP contribution in [0.3, 0.4) is 0 Å². The maximum absolute atomic E-state index is 12.3. The van der Waals surface area contributed by atoms with Crippen LogP contribution in [0.4, 0.5) is 0 Å². The molecule has 1 amide bonds. The number of rotatable bonds is 3. The van der Waals surface area contributed by atoms with E-state index in [4.69, 9.17) is 0 Å². The van der Waals surface area contributed by atoms with Gasteiger partial charge < -0.3 is 10.2 Å². The van der Waals surface area contributed by atoms with E-state index in [0.29, 0.717) is 0 Å². The molecular weight excluding hydrogens is 306 g/mol. The largest absolute Gasteiger partial charge is 0.336 e. The van der Waals surface area contributed by atoms with Gasteiger partial charge in [0, 0.05) is 38.1 Å². The molecule has 0 spiro atoms. The maximum Gasteiger partial charge on any atom is 0.254 e. The van der Waals surface area contributed by atoms with E-state index < -0.39 is 0 Å². The summed E-state index contributed by atoms with van der Waals surface area (Å²) in [5.41, 5.74) is 0.849. The van der Waals surface area contributed by atoms with E-state index in [1.165, 1.54) is 32.5 Å². The van der Waals surface area contributed by atoms with Crippen LogP contribution in [-0.4, -0.2) is 61.5 Å². The van der Waals surface area contributed by atoms with Gasteiger partial charge in [0.2, 0.25) is 0 Å². The lowest BCUT2D eigenvalue weighted by molar-refractivity contribution is 0.0609. The van der Waals surface area contributed by atoms with E-state index in [2.05, 4.69) is 10.2 Å². The molecule has 0 bridgehead atoms. The van der Waals surface area contributed by atoms with Gasteiger partial charge >= 0.3 is 0 Å². The van der Waals surface area contributed by atoms with Crippen LogP contribution in [0.5, 0.6) is 0 Å². The topological polar surface area (TPSA) is 35.6 Å². The number of halogens is 1. The molecule has 1 aromatic heterocycles. The van der Waals surface area contributed by atoms with E-state index in [-0.39, 0.29) is 18.3 Å². The van der Waals surface area contributed by atoms with Gasteiger partial charge in [-0.05, 0) is 43.3 Å². The molecule has 2 aliphatic heterocycles. The molecule has 4 nitrogen and oxygen atoms in total. The van der Waals surface area contributed by atoms with Gasteiger partial charge in [-0.25, -0.2) is 0 Å². The minimum atomic E-state index is 0. The van der Waals surface area contributed by atoms with Gasteiger partial charge in [-0.2, -0.15) is 11.3 Å². The zero-order valence-corrected chi connectivity index (χ0v) is 13.9. The van der Waals surface area contributed by atoms with E-state index >= 15 is 0 Å². The van der Waals surface area contributed by atoms with Crippen molar-refractivity contribution in [1.82, 2.24) is 15.1 Å². The number of piperidine rings is 1. The molecule has 1 aromatic rings. The molecule has 21 heavy (non-hydrogen) atoms. The highest BCUT2D eigenvalue weighted by Crippen LogP contribution is 2.16. The normalized spacial score (nSPS) is 21.0. The molecule has 2 saturated heterocycles. The number of hydrogen-bond acceptors (Lipinski definition) is 4. The second-order valence-corrected chi connectivity index (χ2v) is 6.58. The molecule has 6 heteroatoms. The molecule has 0 aliphatic carbocycles. The van der Waals surface area contributed by atoms with Crippen molar-refractivity contribution in [2.45, 2.75) is 12.8 Å². The number of nitrogens with one attached hydrogen (secondary N) is 1. The van der Waals surface area contributed by atoms with Crippen molar-refractivity contribution in [2.75, 3.05) is 45.8 Å². The Balaban J connectivity index is 0.00000161. The molecule has 3 heterocycles. The standard InChI is InChI=1S/C15H23N3OS.ClH/c19-15(14-3-10-20-12-14)18-8-6-17(7-9-18)11-13-1-4-16-5-2-13;/h3,10,12-13,16H,1-2,4-9,11H2;1H. The van der Waals surface area contributed by atoms with Crippen molar-refractivity contribution in [3.63, 3.8) is 0 Å². The first-order valence-corrected chi connectivity index (χ1v) is 8.52. The van der Waals surface area contributed by atoms with Crippen molar-refractivity contribution >= 4 is 29.7 Å². The Labute approximate surface area is 136 Å². The zero-order valence-electron chi connectivity index (χ0n) is 12.3. The Hall–Kier alpha value is -0.620. The number of amides is 1. The van der Waals surface area contributed by atoms with Crippen molar-refractivity contribution in [2.24, 2.45) is 5.92 Å². The van der Waals surface area contributed by atoms with Gasteiger partial charge in [0.25, 0.3) is 5.91 Å². The fourth-order valence-electron chi connectivity index (χ4n) is 3.13. The van der Waals surface area contributed by atoms with E-state index in [9.17, 15) is 4.79 Å². The maximum atomic E-state index is 12.3. The highest BCUT2D eigenvalue weighted by molar-refractivity contribution is 7.08. The minimum absolute atomic E-state index is 0. The second kappa shape index (κ2) is 8.13. The Morgan fingerprint density at radius 3 is 2.57 bits per heavy atom. The smallest absolute Gasteiger partial charge is 0.254 e. The van der Waals surface area contributed by atoms with Crippen LogP contribution in [0.1, 0.15) is 23.2 Å². The molecule has 118 valence electrons. The highest BCUT2D eigenvalue weighted by Gasteiger charge is 2.24. The molecule has 3 rings (SSSR count). The summed E-state index contributed by atoms with van der Waals surface area (Å²) in [4.78, 5) is 16.8. The van der Waals surface area contributed by atoms with Crippen molar-refractivity contribution < 1.29 is 4.79 Å². The fraction of sp³-hybridized carbons (Fsp3) is 0.667. The molecule has 0 atom stereocenters. The van der Waals surface area contributed by atoms with Crippen LogP contribution >= 0.6 is 23.7 Å². The van der Waals surface area contributed by atoms with E-state index in [1.807, 2.05) is 21.7 Å². The minimum Gasteiger partial charge on any atom is -0.336 e. The lowest BCUT2D eigenvalue weighted by atomic mass is 9.97. The number of carbonyl (C=O) groups excluding carboxylic acids is 1. The predicted octanol–water partition coefficient (Wildman–Crippen LogP) is 1.93. The molecule has 2 aliphatic rings. The van der Waals surface area contributed by atoms with Gasteiger partial charge in [0.05, 0.1) is 5.56 Å². The van der Waals surface area contributed by atoms with Gasteiger partial charge in [-0.1, -0.05) is 0 Å². The van der Waals surface area contributed by atoms with Crippen LogP contribution in [0.15, 0.2) is 16.8 Å². The monoisotopic (exact) mass is 329 g/mol. The molecule has 0 unspecified atom stereocenters. The Morgan fingerprint density at radius 1 is 1.24 bits per heavy atom. The van der Waals surface area contributed by atoms with Crippen LogP contribution in [-0.2, 0) is 0 Å². The summed E-state index contributed by atoms with van der Waals surface area (Å²) in [6.07, 6.45) is 2.60. The number of carbonyl (C=O) groups is 1. The predicted molar refractivity (Wildman–Crippen MR) is 89.5 cm³/mol. The number of nitrogens with zero attached hydrogens (tertiary/aromatic N) is 2. The van der Waals surface area contributed by atoms with Gasteiger partial charge in [0.15, 0.2) is 0 Å². The summed E-state index contributed by atoms with van der Waals surface area (Å²) >= 11 is 1.59. The third kappa shape index (κ3) is 4.42. The Morgan fingerprint density at radius 2 is 1.95 bits per heavy atom. The summed E-state index contributed by atoms with van der Waals surface area (Å²) in [6.45, 7) is 7.35. The van der Waals surface area contributed by atoms with E-state index in [0.717, 1.165) is 37.7 Å². The Kier molecular flexibility index (Phi) is 6.48. The van der Waals surface area contributed by atoms with Crippen LogP contribution in [0.25, 0.3) is 0 Å². The molecule has 2 fully saturated rings. The lowest BCUT2D eigenvalue weighted by Gasteiger charge is -2.37. The molecule has 0 saturated carbocycles.